The molecule has 11 heteroatoms. The van der Waals surface area contributed by atoms with Gasteiger partial charge in [-0.2, -0.15) is 10.5 Å². The number of H-pyrrole nitrogens is 1. The van der Waals surface area contributed by atoms with Gasteiger partial charge in [0.15, 0.2) is 0 Å². The quantitative estimate of drug-likeness (QED) is 0.178. The number of halogens is 5. The van der Waals surface area contributed by atoms with Gasteiger partial charge in [0.1, 0.15) is 12.1 Å². The average Bonchev–Trinajstić information content (AvgIpc) is 3.69. The maximum absolute atomic E-state index is 9.54. The van der Waals surface area contributed by atoms with Crippen LogP contribution in [0.5, 0.6) is 0 Å². The van der Waals surface area contributed by atoms with Crippen LogP contribution >= 0.6 is 66.7 Å². The van der Waals surface area contributed by atoms with Gasteiger partial charge in [-0.25, -0.2) is 0 Å². The highest BCUT2D eigenvalue weighted by molar-refractivity contribution is 9.10. The minimum atomic E-state index is 0.645. The fraction of sp³-hybridized carbons (Fsp3) is 0.100. The number of benzene rings is 4. The number of nitrogens with zero attached hydrogens (tertiary/aromatic N) is 5. The number of rotatable bonds is 1. The number of aromatic amines is 1. The maximum atomic E-state index is 9.54. The molecule has 0 amide bonds. The summed E-state index contributed by atoms with van der Waals surface area (Å²) in [5.74, 6) is 0. The van der Waals surface area contributed by atoms with E-state index in [1.807, 2.05) is 107 Å². The summed E-state index contributed by atoms with van der Waals surface area (Å²) in [4.78, 5) is 12.1. The Hall–Kier alpha value is -4.41. The van der Waals surface area contributed by atoms with E-state index in [1.165, 1.54) is 0 Å². The number of aromatic nitrogens is 4. The highest BCUT2D eigenvalue weighted by atomic mass is 79.9. The summed E-state index contributed by atoms with van der Waals surface area (Å²) in [5.41, 5.74) is 10.1. The van der Waals surface area contributed by atoms with Gasteiger partial charge in [-0.1, -0.05) is 78.8 Å². The Kier molecular flexibility index (Phi) is 10.7. The lowest BCUT2D eigenvalue weighted by Gasteiger charge is -2.15. The SMILES string of the molecule is Cc1nc2ccc(Cl)cc2c(-n2cc(C#N)c3ccc(Br)cc32)c1C.Cc1nc2ccc(Cl)cc2c(Cl)c1C.N#Cc1c[nH]c2cc(Br)ccc12. The minimum Gasteiger partial charge on any atom is -0.360 e. The summed E-state index contributed by atoms with van der Waals surface area (Å²) in [6, 6.07) is 27.4. The number of hydrogen-bond donors (Lipinski definition) is 1. The van der Waals surface area contributed by atoms with E-state index in [9.17, 15) is 5.26 Å². The molecule has 8 aromatic rings. The second-order valence-electron chi connectivity index (χ2n) is 11.8. The first-order valence-corrected chi connectivity index (χ1v) is 18.3. The molecule has 0 aliphatic carbocycles. The van der Waals surface area contributed by atoms with Crippen molar-refractivity contribution in [2.24, 2.45) is 0 Å². The predicted octanol–water partition coefficient (Wildman–Crippen LogP) is 13.0. The van der Waals surface area contributed by atoms with E-state index in [-0.39, 0.29) is 0 Å². The molecule has 8 rings (SSSR count). The van der Waals surface area contributed by atoms with E-state index in [0.717, 1.165) is 85.8 Å². The smallest absolute Gasteiger partial charge is 0.101 e. The van der Waals surface area contributed by atoms with Crippen LogP contribution in [0.25, 0.3) is 49.3 Å². The number of pyridine rings is 2. The number of nitriles is 2. The Bertz CT molecular complexity index is 2740. The molecule has 0 spiro atoms. The van der Waals surface area contributed by atoms with Crippen molar-refractivity contribution in [2.75, 3.05) is 0 Å². The van der Waals surface area contributed by atoms with Gasteiger partial charge in [0.05, 0.1) is 38.4 Å². The average molecular weight is 858 g/mol. The largest absolute Gasteiger partial charge is 0.360 e. The van der Waals surface area contributed by atoms with Crippen LogP contribution in [0.2, 0.25) is 15.1 Å². The zero-order valence-electron chi connectivity index (χ0n) is 27.7. The van der Waals surface area contributed by atoms with Crippen LogP contribution in [0, 0.1) is 50.4 Å². The molecule has 4 aromatic heterocycles. The molecular formula is C40H27Br2Cl3N6. The Morgan fingerprint density at radius 1 is 0.647 bits per heavy atom. The molecule has 0 saturated heterocycles. The fourth-order valence-corrected chi connectivity index (χ4v) is 7.16. The Morgan fingerprint density at radius 3 is 1.86 bits per heavy atom. The van der Waals surface area contributed by atoms with Crippen LogP contribution in [-0.4, -0.2) is 19.5 Å². The number of nitrogens with one attached hydrogen (secondary N) is 1. The van der Waals surface area contributed by atoms with Crippen LogP contribution in [0.1, 0.15) is 33.6 Å². The lowest BCUT2D eigenvalue weighted by atomic mass is 10.1. The summed E-state index contributed by atoms with van der Waals surface area (Å²) in [6.45, 7) is 7.97. The standard InChI is InChI=1S/C20H13BrClN3.C11H9Cl2N.C9H5BrN2/c1-11-12(2)24-18-6-4-15(22)8-17(18)20(11)25-10-13(9-23)16-5-3-14(21)7-19(16)25;1-6-7(2)14-10-4-3-8(12)5-9(10)11(6)13;10-7-1-2-8-6(4-11)5-12-9(8)3-7/h3-8,10H,1-2H3;3-5H,1-2H3;1-3,5,12H. The van der Waals surface area contributed by atoms with Crippen molar-refractivity contribution in [3.63, 3.8) is 0 Å². The van der Waals surface area contributed by atoms with Gasteiger partial charge in [-0.05, 0) is 99.5 Å². The van der Waals surface area contributed by atoms with E-state index >= 15 is 0 Å². The van der Waals surface area contributed by atoms with Gasteiger partial charge in [-0.15, -0.1) is 0 Å². The summed E-state index contributed by atoms with van der Waals surface area (Å²) >= 11 is 25.2. The molecule has 6 nitrogen and oxygen atoms in total. The van der Waals surface area contributed by atoms with Crippen molar-refractivity contribution in [3.05, 3.63) is 143 Å². The van der Waals surface area contributed by atoms with Crippen molar-refractivity contribution in [2.45, 2.75) is 27.7 Å². The van der Waals surface area contributed by atoms with Crippen LogP contribution in [-0.2, 0) is 0 Å². The molecule has 252 valence electrons. The molecule has 0 saturated carbocycles. The normalized spacial score (nSPS) is 10.8. The van der Waals surface area contributed by atoms with Crippen LogP contribution in [0.3, 0.4) is 0 Å². The highest BCUT2D eigenvalue weighted by Gasteiger charge is 2.17. The molecule has 0 aliphatic rings. The van der Waals surface area contributed by atoms with Crippen LogP contribution in [0.15, 0.2) is 94.1 Å². The summed E-state index contributed by atoms with van der Waals surface area (Å²) in [5, 5.41) is 24.1. The third kappa shape index (κ3) is 7.35. The van der Waals surface area contributed by atoms with Crippen LogP contribution in [0.4, 0.5) is 0 Å². The summed E-state index contributed by atoms with van der Waals surface area (Å²) in [6.07, 6.45) is 3.61. The topological polar surface area (TPSA) is 94.1 Å². The zero-order valence-corrected chi connectivity index (χ0v) is 33.1. The van der Waals surface area contributed by atoms with Gasteiger partial charge >= 0.3 is 0 Å². The zero-order chi connectivity index (χ0) is 36.6. The first-order valence-electron chi connectivity index (χ1n) is 15.6. The molecule has 4 heterocycles. The summed E-state index contributed by atoms with van der Waals surface area (Å²) in [7, 11) is 0. The molecule has 0 aliphatic heterocycles. The Labute approximate surface area is 326 Å². The first-order chi connectivity index (χ1) is 24.4. The highest BCUT2D eigenvalue weighted by Crippen LogP contribution is 2.34. The summed E-state index contributed by atoms with van der Waals surface area (Å²) < 4.78 is 4.05. The van der Waals surface area contributed by atoms with Crippen molar-refractivity contribution < 1.29 is 0 Å². The molecule has 0 atom stereocenters. The van der Waals surface area contributed by atoms with Crippen LogP contribution < -0.4 is 0 Å². The van der Waals surface area contributed by atoms with E-state index in [0.29, 0.717) is 21.2 Å². The molecular weight excluding hydrogens is 831 g/mol. The van der Waals surface area contributed by atoms with Crippen molar-refractivity contribution in [1.82, 2.24) is 19.5 Å². The van der Waals surface area contributed by atoms with Gasteiger partial charge in [-0.3, -0.25) is 9.97 Å². The van der Waals surface area contributed by atoms with E-state index in [1.54, 1.807) is 6.20 Å². The molecule has 4 aromatic carbocycles. The Morgan fingerprint density at radius 2 is 1.22 bits per heavy atom. The monoisotopic (exact) mass is 854 g/mol. The van der Waals surface area contributed by atoms with E-state index in [2.05, 4.69) is 63.5 Å². The second kappa shape index (κ2) is 15.1. The molecule has 0 unspecified atom stereocenters. The van der Waals surface area contributed by atoms with Crippen molar-refractivity contribution >= 4 is 110 Å². The molecule has 0 bridgehead atoms. The van der Waals surface area contributed by atoms with E-state index < -0.39 is 0 Å². The maximum Gasteiger partial charge on any atom is 0.101 e. The molecule has 0 radical (unpaired) electrons. The van der Waals surface area contributed by atoms with Gasteiger partial charge in [0.2, 0.25) is 0 Å². The number of aryl methyl sites for hydroxylation is 2. The Balaban J connectivity index is 0.000000145. The minimum absolute atomic E-state index is 0.645. The van der Waals surface area contributed by atoms with Gasteiger partial charge in [0, 0.05) is 69.8 Å². The fourth-order valence-electron chi connectivity index (χ4n) is 5.82. The van der Waals surface area contributed by atoms with E-state index in [4.69, 9.17) is 40.1 Å². The van der Waals surface area contributed by atoms with Crippen molar-refractivity contribution in [3.8, 4) is 17.8 Å². The molecule has 1 N–H and O–H groups in total. The first kappa shape index (κ1) is 36.4. The lowest BCUT2D eigenvalue weighted by molar-refractivity contribution is 1.08. The van der Waals surface area contributed by atoms with Crippen molar-refractivity contribution in [1.29, 1.82) is 10.5 Å². The van der Waals surface area contributed by atoms with Gasteiger partial charge in [0.25, 0.3) is 0 Å². The molecule has 0 fully saturated rings. The third-order valence-electron chi connectivity index (χ3n) is 8.65. The third-order valence-corrected chi connectivity index (χ3v) is 10.6. The number of hydrogen-bond acceptors (Lipinski definition) is 4. The van der Waals surface area contributed by atoms with Gasteiger partial charge < -0.3 is 9.55 Å². The molecule has 51 heavy (non-hydrogen) atoms. The predicted molar refractivity (Wildman–Crippen MR) is 217 cm³/mol. The lowest BCUT2D eigenvalue weighted by Crippen LogP contribution is -2.01. The number of fused-ring (bicyclic) bond motifs is 4. The second-order valence-corrected chi connectivity index (χ2v) is 14.9.